The molecule has 1 aromatic rings. The lowest BCUT2D eigenvalue weighted by Crippen LogP contribution is -2.46. The number of benzene rings is 1. The van der Waals surface area contributed by atoms with Crippen molar-refractivity contribution in [3.05, 3.63) is 35.9 Å². The summed E-state index contributed by atoms with van der Waals surface area (Å²) in [7, 11) is 0. The highest BCUT2D eigenvalue weighted by molar-refractivity contribution is 5.20. The molecule has 1 aromatic carbocycles. The maximum Gasteiger partial charge on any atom is 0.0453 e. The van der Waals surface area contributed by atoms with Gasteiger partial charge >= 0.3 is 0 Å². The molecule has 0 aromatic heterocycles. The van der Waals surface area contributed by atoms with E-state index in [9.17, 15) is 0 Å². The molecule has 3 nitrogen and oxygen atoms in total. The SMILES string of the molecule is CCC(C(N)c1ccccc1)N1CCCN2CCCC2C1. The van der Waals surface area contributed by atoms with Crippen LogP contribution in [-0.4, -0.2) is 48.1 Å². The van der Waals surface area contributed by atoms with E-state index in [4.69, 9.17) is 5.73 Å². The smallest absolute Gasteiger partial charge is 0.0453 e. The van der Waals surface area contributed by atoms with Gasteiger partial charge in [0.1, 0.15) is 0 Å². The topological polar surface area (TPSA) is 32.5 Å². The number of nitrogens with zero attached hydrogens (tertiary/aromatic N) is 2. The Balaban J connectivity index is 1.72. The minimum Gasteiger partial charge on any atom is -0.323 e. The van der Waals surface area contributed by atoms with Gasteiger partial charge in [-0.1, -0.05) is 37.3 Å². The van der Waals surface area contributed by atoms with Crippen LogP contribution in [0.1, 0.15) is 44.2 Å². The summed E-state index contributed by atoms with van der Waals surface area (Å²) in [4.78, 5) is 5.37. The maximum atomic E-state index is 6.61. The Morgan fingerprint density at radius 1 is 1.14 bits per heavy atom. The van der Waals surface area contributed by atoms with E-state index in [1.807, 2.05) is 0 Å². The molecule has 21 heavy (non-hydrogen) atoms. The van der Waals surface area contributed by atoms with Crippen LogP contribution in [0.25, 0.3) is 0 Å². The zero-order valence-electron chi connectivity index (χ0n) is 13.2. The van der Waals surface area contributed by atoms with Gasteiger partial charge < -0.3 is 5.73 Å². The third-order valence-electron chi connectivity index (χ3n) is 5.32. The lowest BCUT2D eigenvalue weighted by atomic mass is 9.96. The van der Waals surface area contributed by atoms with Gasteiger partial charge in [0.05, 0.1) is 0 Å². The van der Waals surface area contributed by atoms with Gasteiger partial charge in [0.2, 0.25) is 0 Å². The highest BCUT2D eigenvalue weighted by Crippen LogP contribution is 2.27. The standard InChI is InChI=1S/C18H29N3/c1-2-17(18(19)15-8-4-3-5-9-15)21-13-7-12-20-11-6-10-16(20)14-21/h3-5,8-9,16-18H,2,6-7,10-14,19H2,1H3. The highest BCUT2D eigenvalue weighted by Gasteiger charge is 2.33. The minimum atomic E-state index is 0.129. The fourth-order valence-electron chi connectivity index (χ4n) is 4.17. The van der Waals surface area contributed by atoms with E-state index in [0.717, 1.165) is 12.5 Å². The number of fused-ring (bicyclic) bond motifs is 1. The van der Waals surface area contributed by atoms with Crippen molar-refractivity contribution >= 4 is 0 Å². The molecule has 2 saturated heterocycles. The summed E-state index contributed by atoms with van der Waals surface area (Å²) in [6.45, 7) is 7.27. The zero-order chi connectivity index (χ0) is 14.7. The molecule has 0 saturated carbocycles. The molecule has 0 bridgehead atoms. The van der Waals surface area contributed by atoms with Gasteiger partial charge in [-0.3, -0.25) is 9.80 Å². The molecule has 2 N–H and O–H groups in total. The molecular weight excluding hydrogens is 258 g/mol. The van der Waals surface area contributed by atoms with Crippen molar-refractivity contribution in [3.8, 4) is 0 Å². The first-order valence-corrected chi connectivity index (χ1v) is 8.58. The molecule has 2 aliphatic heterocycles. The molecule has 3 heteroatoms. The van der Waals surface area contributed by atoms with Crippen molar-refractivity contribution in [1.82, 2.24) is 9.80 Å². The predicted octanol–water partition coefficient (Wildman–Crippen LogP) is 2.64. The molecule has 3 rings (SSSR count). The fourth-order valence-corrected chi connectivity index (χ4v) is 4.17. The zero-order valence-corrected chi connectivity index (χ0v) is 13.2. The van der Waals surface area contributed by atoms with Crippen molar-refractivity contribution in [2.24, 2.45) is 5.73 Å². The van der Waals surface area contributed by atoms with Crippen molar-refractivity contribution < 1.29 is 0 Å². The van der Waals surface area contributed by atoms with Crippen LogP contribution in [0.5, 0.6) is 0 Å². The van der Waals surface area contributed by atoms with E-state index < -0.39 is 0 Å². The monoisotopic (exact) mass is 287 g/mol. The third-order valence-corrected chi connectivity index (χ3v) is 5.32. The molecule has 3 atom stereocenters. The summed E-state index contributed by atoms with van der Waals surface area (Å²) in [5.74, 6) is 0. The van der Waals surface area contributed by atoms with Gasteiger partial charge in [-0.25, -0.2) is 0 Å². The highest BCUT2D eigenvalue weighted by atomic mass is 15.3. The molecule has 0 aliphatic carbocycles. The molecule has 2 heterocycles. The first-order valence-electron chi connectivity index (χ1n) is 8.58. The van der Waals surface area contributed by atoms with Crippen LogP contribution in [-0.2, 0) is 0 Å². The first kappa shape index (κ1) is 15.0. The number of hydrogen-bond donors (Lipinski definition) is 1. The van der Waals surface area contributed by atoms with Gasteiger partial charge in [0.15, 0.2) is 0 Å². The first-order chi connectivity index (χ1) is 10.3. The molecular formula is C18H29N3. The average molecular weight is 287 g/mol. The summed E-state index contributed by atoms with van der Waals surface area (Å²) < 4.78 is 0. The number of nitrogens with two attached hydrogens (primary N) is 1. The van der Waals surface area contributed by atoms with Crippen LogP contribution in [0.3, 0.4) is 0 Å². The van der Waals surface area contributed by atoms with Crippen molar-refractivity contribution in [2.75, 3.05) is 26.2 Å². The molecule has 116 valence electrons. The minimum absolute atomic E-state index is 0.129. The van der Waals surface area contributed by atoms with Gasteiger partial charge in [-0.15, -0.1) is 0 Å². The number of rotatable bonds is 4. The van der Waals surface area contributed by atoms with Crippen LogP contribution < -0.4 is 5.73 Å². The van der Waals surface area contributed by atoms with Crippen molar-refractivity contribution in [3.63, 3.8) is 0 Å². The van der Waals surface area contributed by atoms with E-state index in [1.54, 1.807) is 0 Å². The van der Waals surface area contributed by atoms with Crippen LogP contribution in [0, 0.1) is 0 Å². The lowest BCUT2D eigenvalue weighted by Gasteiger charge is -2.36. The molecule has 3 unspecified atom stereocenters. The second kappa shape index (κ2) is 6.91. The second-order valence-corrected chi connectivity index (χ2v) is 6.59. The Morgan fingerprint density at radius 3 is 2.67 bits per heavy atom. The van der Waals surface area contributed by atoms with E-state index in [-0.39, 0.29) is 6.04 Å². The van der Waals surface area contributed by atoms with E-state index >= 15 is 0 Å². The van der Waals surface area contributed by atoms with E-state index in [2.05, 4.69) is 47.1 Å². The summed E-state index contributed by atoms with van der Waals surface area (Å²) in [5.41, 5.74) is 7.89. The Kier molecular flexibility index (Phi) is 4.94. The van der Waals surface area contributed by atoms with Gasteiger partial charge in [-0.2, -0.15) is 0 Å². The number of hydrogen-bond acceptors (Lipinski definition) is 3. The Labute approximate surface area is 129 Å². The average Bonchev–Trinajstić information content (AvgIpc) is 2.87. The summed E-state index contributed by atoms with van der Waals surface area (Å²) in [5, 5.41) is 0. The third kappa shape index (κ3) is 3.31. The van der Waals surface area contributed by atoms with Gasteiger partial charge in [0.25, 0.3) is 0 Å². The second-order valence-electron chi connectivity index (χ2n) is 6.59. The molecule has 0 radical (unpaired) electrons. The lowest BCUT2D eigenvalue weighted by molar-refractivity contribution is 0.149. The molecule has 2 aliphatic rings. The summed E-state index contributed by atoms with van der Waals surface area (Å²) in [6, 6.07) is 12.0. The van der Waals surface area contributed by atoms with E-state index in [0.29, 0.717) is 6.04 Å². The predicted molar refractivity (Wildman–Crippen MR) is 88.2 cm³/mol. The van der Waals surface area contributed by atoms with Gasteiger partial charge in [0, 0.05) is 24.7 Å². The largest absolute Gasteiger partial charge is 0.323 e. The fraction of sp³-hybridized carbons (Fsp3) is 0.667. The van der Waals surface area contributed by atoms with Gasteiger partial charge in [-0.05, 0) is 50.9 Å². The summed E-state index contributed by atoms with van der Waals surface area (Å²) >= 11 is 0. The summed E-state index contributed by atoms with van der Waals surface area (Å²) in [6.07, 6.45) is 5.16. The molecule has 2 fully saturated rings. The Hall–Kier alpha value is -0.900. The quantitative estimate of drug-likeness (QED) is 0.924. The van der Waals surface area contributed by atoms with Crippen LogP contribution in [0.4, 0.5) is 0 Å². The van der Waals surface area contributed by atoms with E-state index in [1.165, 1.54) is 51.0 Å². The normalized spacial score (nSPS) is 27.0. The van der Waals surface area contributed by atoms with Crippen LogP contribution in [0.2, 0.25) is 0 Å². The maximum absolute atomic E-state index is 6.61. The molecule has 0 spiro atoms. The Morgan fingerprint density at radius 2 is 1.90 bits per heavy atom. The van der Waals surface area contributed by atoms with Crippen molar-refractivity contribution in [2.45, 2.75) is 50.7 Å². The van der Waals surface area contributed by atoms with Crippen LogP contribution in [0.15, 0.2) is 30.3 Å². The molecule has 0 amide bonds. The van der Waals surface area contributed by atoms with Crippen molar-refractivity contribution in [1.29, 1.82) is 0 Å². The van der Waals surface area contributed by atoms with Crippen LogP contribution >= 0.6 is 0 Å². The Bertz CT molecular complexity index is 433.